The SMILES string of the molecule is O=C(NCC(OC(=O)c1ccccc1)c1ccccc1)c1ccccc1. The first-order valence-electron chi connectivity index (χ1n) is 8.38. The first-order valence-corrected chi connectivity index (χ1v) is 8.38. The second-order valence-corrected chi connectivity index (χ2v) is 5.75. The van der Waals surface area contributed by atoms with E-state index in [0.717, 1.165) is 5.56 Å². The van der Waals surface area contributed by atoms with Crippen molar-refractivity contribution in [2.24, 2.45) is 0 Å². The van der Waals surface area contributed by atoms with Gasteiger partial charge in [0, 0.05) is 5.56 Å². The molecule has 3 aromatic rings. The van der Waals surface area contributed by atoms with Crippen LogP contribution in [0.5, 0.6) is 0 Å². The van der Waals surface area contributed by atoms with Crippen LogP contribution in [-0.2, 0) is 4.74 Å². The minimum absolute atomic E-state index is 0.191. The molecule has 0 saturated heterocycles. The fourth-order valence-corrected chi connectivity index (χ4v) is 2.54. The summed E-state index contributed by atoms with van der Waals surface area (Å²) >= 11 is 0. The maximum Gasteiger partial charge on any atom is 0.338 e. The van der Waals surface area contributed by atoms with Crippen molar-refractivity contribution < 1.29 is 14.3 Å². The molecule has 0 radical (unpaired) electrons. The van der Waals surface area contributed by atoms with Crippen LogP contribution in [0.25, 0.3) is 0 Å². The highest BCUT2D eigenvalue weighted by molar-refractivity contribution is 5.94. The van der Waals surface area contributed by atoms with E-state index in [1.54, 1.807) is 48.5 Å². The van der Waals surface area contributed by atoms with E-state index in [0.29, 0.717) is 11.1 Å². The Bertz CT molecular complexity index is 848. The van der Waals surface area contributed by atoms with Gasteiger partial charge >= 0.3 is 5.97 Å². The van der Waals surface area contributed by atoms with Crippen LogP contribution in [0.4, 0.5) is 0 Å². The molecule has 0 fully saturated rings. The smallest absolute Gasteiger partial charge is 0.338 e. The van der Waals surface area contributed by atoms with E-state index < -0.39 is 12.1 Å². The lowest BCUT2D eigenvalue weighted by molar-refractivity contribution is 0.0293. The molecule has 1 atom stereocenters. The molecule has 0 aromatic heterocycles. The molecule has 1 N–H and O–H groups in total. The van der Waals surface area contributed by atoms with Crippen molar-refractivity contribution in [1.29, 1.82) is 0 Å². The van der Waals surface area contributed by atoms with Crippen molar-refractivity contribution in [3.8, 4) is 0 Å². The number of nitrogens with one attached hydrogen (secondary N) is 1. The predicted molar refractivity (Wildman–Crippen MR) is 99.8 cm³/mol. The van der Waals surface area contributed by atoms with Crippen LogP contribution in [-0.4, -0.2) is 18.4 Å². The second kappa shape index (κ2) is 8.62. The lowest BCUT2D eigenvalue weighted by Crippen LogP contribution is -2.30. The molecular weight excluding hydrogens is 326 g/mol. The molecule has 1 amide bonds. The average Bonchev–Trinajstić information content (AvgIpc) is 2.72. The summed E-state index contributed by atoms with van der Waals surface area (Å²) in [5.41, 5.74) is 1.86. The monoisotopic (exact) mass is 345 g/mol. The quantitative estimate of drug-likeness (QED) is 0.687. The summed E-state index contributed by atoms with van der Waals surface area (Å²) in [6, 6.07) is 27.1. The van der Waals surface area contributed by atoms with Crippen LogP contribution in [0.1, 0.15) is 32.4 Å². The van der Waals surface area contributed by atoms with Crippen LogP contribution < -0.4 is 5.32 Å². The van der Waals surface area contributed by atoms with Crippen molar-refractivity contribution in [3.63, 3.8) is 0 Å². The standard InChI is InChI=1S/C22H19NO3/c24-21(18-12-6-2-7-13-18)23-16-20(17-10-4-1-5-11-17)26-22(25)19-14-8-3-9-15-19/h1-15,20H,16H2,(H,23,24). The Morgan fingerprint density at radius 2 is 1.23 bits per heavy atom. The van der Waals surface area contributed by atoms with Crippen LogP contribution >= 0.6 is 0 Å². The van der Waals surface area contributed by atoms with E-state index in [2.05, 4.69) is 5.32 Å². The molecule has 0 aliphatic heterocycles. The number of carbonyl (C=O) groups excluding carboxylic acids is 2. The number of amides is 1. The molecule has 3 aromatic carbocycles. The van der Waals surface area contributed by atoms with Gasteiger partial charge < -0.3 is 10.1 Å². The molecule has 4 nitrogen and oxygen atoms in total. The zero-order valence-electron chi connectivity index (χ0n) is 14.2. The van der Waals surface area contributed by atoms with Gasteiger partial charge in [0.05, 0.1) is 12.1 Å². The number of hydrogen-bond donors (Lipinski definition) is 1. The molecule has 4 heteroatoms. The topological polar surface area (TPSA) is 55.4 Å². The third-order valence-electron chi connectivity index (χ3n) is 3.91. The van der Waals surface area contributed by atoms with Gasteiger partial charge in [-0.15, -0.1) is 0 Å². The fourth-order valence-electron chi connectivity index (χ4n) is 2.54. The summed E-state index contributed by atoms with van der Waals surface area (Å²) in [5, 5.41) is 2.84. The highest BCUT2D eigenvalue weighted by Crippen LogP contribution is 2.18. The van der Waals surface area contributed by atoms with Crippen LogP contribution in [0.3, 0.4) is 0 Å². The van der Waals surface area contributed by atoms with E-state index in [-0.39, 0.29) is 12.5 Å². The Labute approximate surface area is 152 Å². The molecular formula is C22H19NO3. The molecule has 130 valence electrons. The summed E-state index contributed by atoms with van der Waals surface area (Å²) in [7, 11) is 0. The van der Waals surface area contributed by atoms with E-state index in [1.807, 2.05) is 42.5 Å². The van der Waals surface area contributed by atoms with Crippen molar-refractivity contribution in [2.45, 2.75) is 6.10 Å². The summed E-state index contributed by atoms with van der Waals surface area (Å²) in [4.78, 5) is 24.7. The van der Waals surface area contributed by atoms with Gasteiger partial charge in [-0.25, -0.2) is 4.79 Å². The molecule has 0 bridgehead atoms. The van der Waals surface area contributed by atoms with Crippen LogP contribution in [0.2, 0.25) is 0 Å². The molecule has 1 unspecified atom stereocenters. The largest absolute Gasteiger partial charge is 0.452 e. The Kier molecular flexibility index (Phi) is 5.78. The highest BCUT2D eigenvalue weighted by atomic mass is 16.5. The zero-order valence-corrected chi connectivity index (χ0v) is 14.2. The van der Waals surface area contributed by atoms with Gasteiger partial charge in [0.2, 0.25) is 0 Å². The average molecular weight is 345 g/mol. The number of carbonyl (C=O) groups is 2. The third kappa shape index (κ3) is 4.57. The van der Waals surface area contributed by atoms with Gasteiger partial charge in [-0.1, -0.05) is 66.7 Å². The highest BCUT2D eigenvalue weighted by Gasteiger charge is 2.19. The number of benzene rings is 3. The summed E-state index contributed by atoms with van der Waals surface area (Å²) in [6.45, 7) is 0.191. The summed E-state index contributed by atoms with van der Waals surface area (Å²) < 4.78 is 5.66. The first-order chi connectivity index (χ1) is 12.7. The van der Waals surface area contributed by atoms with E-state index in [9.17, 15) is 9.59 Å². The Balaban J connectivity index is 1.72. The minimum Gasteiger partial charge on any atom is -0.452 e. The van der Waals surface area contributed by atoms with E-state index in [1.165, 1.54) is 0 Å². The maximum absolute atomic E-state index is 12.4. The maximum atomic E-state index is 12.4. The number of rotatable bonds is 6. The lowest BCUT2D eigenvalue weighted by atomic mass is 10.1. The van der Waals surface area contributed by atoms with Gasteiger partial charge in [0.15, 0.2) is 0 Å². The van der Waals surface area contributed by atoms with Gasteiger partial charge in [-0.05, 0) is 29.8 Å². The summed E-state index contributed by atoms with van der Waals surface area (Å²) in [6.07, 6.45) is -0.573. The Hall–Kier alpha value is -3.40. The molecule has 0 heterocycles. The number of ether oxygens (including phenoxy) is 1. The van der Waals surface area contributed by atoms with Gasteiger partial charge in [0.25, 0.3) is 5.91 Å². The minimum atomic E-state index is -0.573. The van der Waals surface area contributed by atoms with Crippen molar-refractivity contribution >= 4 is 11.9 Å². The molecule has 0 aliphatic rings. The Morgan fingerprint density at radius 1 is 0.731 bits per heavy atom. The molecule has 0 aliphatic carbocycles. The number of hydrogen-bond acceptors (Lipinski definition) is 3. The Morgan fingerprint density at radius 3 is 1.81 bits per heavy atom. The van der Waals surface area contributed by atoms with Gasteiger partial charge in [-0.2, -0.15) is 0 Å². The van der Waals surface area contributed by atoms with Crippen LogP contribution in [0, 0.1) is 0 Å². The van der Waals surface area contributed by atoms with E-state index >= 15 is 0 Å². The second-order valence-electron chi connectivity index (χ2n) is 5.75. The van der Waals surface area contributed by atoms with Gasteiger partial charge in [0.1, 0.15) is 6.10 Å². The molecule has 0 spiro atoms. The molecule has 3 rings (SSSR count). The van der Waals surface area contributed by atoms with Crippen LogP contribution in [0.15, 0.2) is 91.0 Å². The van der Waals surface area contributed by atoms with Crippen molar-refractivity contribution in [1.82, 2.24) is 5.32 Å². The lowest BCUT2D eigenvalue weighted by Gasteiger charge is -2.19. The van der Waals surface area contributed by atoms with Crippen molar-refractivity contribution in [3.05, 3.63) is 108 Å². The first kappa shape index (κ1) is 17.4. The normalized spacial score (nSPS) is 11.4. The van der Waals surface area contributed by atoms with E-state index in [4.69, 9.17) is 4.74 Å². The fraction of sp³-hybridized carbons (Fsp3) is 0.0909. The molecule has 26 heavy (non-hydrogen) atoms. The van der Waals surface area contributed by atoms with Crippen molar-refractivity contribution in [2.75, 3.05) is 6.54 Å². The molecule has 0 saturated carbocycles. The van der Waals surface area contributed by atoms with Gasteiger partial charge in [-0.3, -0.25) is 4.79 Å². The predicted octanol–water partition coefficient (Wildman–Crippen LogP) is 4.01. The third-order valence-corrected chi connectivity index (χ3v) is 3.91. The summed E-state index contributed by atoms with van der Waals surface area (Å²) in [5.74, 6) is -0.629. The number of esters is 1. The zero-order chi connectivity index (χ0) is 18.2.